The smallest absolute Gasteiger partial charge is 0.265 e. The number of fused-ring (bicyclic) bond motifs is 2. The van der Waals surface area contributed by atoms with Crippen LogP contribution in [-0.4, -0.2) is 15.5 Å². The summed E-state index contributed by atoms with van der Waals surface area (Å²) in [7, 11) is 0. The Balaban J connectivity index is 1.72. The molecule has 28 heavy (non-hydrogen) atoms. The zero-order valence-electron chi connectivity index (χ0n) is 15.0. The summed E-state index contributed by atoms with van der Waals surface area (Å²) >= 11 is 1.34. The van der Waals surface area contributed by atoms with Crippen LogP contribution in [0.3, 0.4) is 0 Å². The fourth-order valence-corrected chi connectivity index (χ4v) is 4.28. The first-order valence-corrected chi connectivity index (χ1v) is 10.1. The second kappa shape index (κ2) is 6.67. The Kier molecular flexibility index (Phi) is 4.12. The van der Waals surface area contributed by atoms with Gasteiger partial charge in [0, 0.05) is 11.9 Å². The Bertz CT molecular complexity index is 1180. The Morgan fingerprint density at radius 2 is 2.07 bits per heavy atom. The molecule has 2 aliphatic rings. The van der Waals surface area contributed by atoms with Crippen molar-refractivity contribution in [3.8, 4) is 5.75 Å². The van der Waals surface area contributed by atoms with Gasteiger partial charge in [-0.3, -0.25) is 4.79 Å². The first-order valence-electron chi connectivity index (χ1n) is 9.28. The number of hydrogen-bond donors (Lipinski definition) is 2. The molecule has 0 saturated heterocycles. The monoisotopic (exact) mass is 395 g/mol. The second-order valence-electron chi connectivity index (χ2n) is 7.21. The van der Waals surface area contributed by atoms with E-state index in [0.29, 0.717) is 23.4 Å². The quantitative estimate of drug-likeness (QED) is 0.645. The van der Waals surface area contributed by atoms with Crippen LogP contribution in [-0.2, 0) is 6.54 Å². The third kappa shape index (κ3) is 2.96. The maximum atomic E-state index is 13.9. The second-order valence-corrected chi connectivity index (χ2v) is 8.05. The summed E-state index contributed by atoms with van der Waals surface area (Å²) < 4.78 is 18.6. The lowest BCUT2D eigenvalue weighted by molar-refractivity contribution is 0.475. The molecule has 1 saturated carbocycles. The molecule has 1 fully saturated rings. The first kappa shape index (κ1) is 17.3. The van der Waals surface area contributed by atoms with Crippen LogP contribution in [0.25, 0.3) is 10.9 Å². The average molecular weight is 395 g/mol. The van der Waals surface area contributed by atoms with E-state index in [0.717, 1.165) is 17.0 Å². The van der Waals surface area contributed by atoms with Gasteiger partial charge < -0.3 is 14.4 Å². The number of aromatic hydroxyl groups is 1. The van der Waals surface area contributed by atoms with Gasteiger partial charge in [-0.05, 0) is 54.6 Å². The van der Waals surface area contributed by atoms with Crippen molar-refractivity contribution in [1.29, 1.82) is 0 Å². The molecule has 2 N–H and O–H groups in total. The molecule has 0 atom stereocenters. The number of para-hydroxylation sites is 1. The summed E-state index contributed by atoms with van der Waals surface area (Å²) in [5, 5.41) is 11.2. The molecule has 0 radical (unpaired) electrons. The van der Waals surface area contributed by atoms with Gasteiger partial charge in [0.05, 0.1) is 16.1 Å². The fraction of sp³-hybridized carbons (Fsp3) is 0.238. The van der Waals surface area contributed by atoms with Crippen LogP contribution in [0.5, 0.6) is 5.75 Å². The number of pyridine rings is 1. The SMILES string of the molecule is O=c1c(C2=Nc3ccccc3SN2)c(O)c2cc(F)ccc2n1CCC1CC1. The van der Waals surface area contributed by atoms with E-state index in [4.69, 9.17) is 0 Å². The van der Waals surface area contributed by atoms with Crippen molar-refractivity contribution in [3.05, 3.63) is 64.2 Å². The van der Waals surface area contributed by atoms with Crippen LogP contribution in [0.1, 0.15) is 24.8 Å². The van der Waals surface area contributed by atoms with Gasteiger partial charge in [-0.15, -0.1) is 0 Å². The van der Waals surface area contributed by atoms with Crippen LogP contribution in [0.2, 0.25) is 0 Å². The number of aliphatic imine (C=N–C) groups is 1. The van der Waals surface area contributed by atoms with Gasteiger partial charge in [0.25, 0.3) is 5.56 Å². The highest BCUT2D eigenvalue weighted by atomic mass is 32.2. The Labute approximate surface area is 165 Å². The minimum Gasteiger partial charge on any atom is -0.506 e. The Hall–Kier alpha value is -2.80. The lowest BCUT2D eigenvalue weighted by Gasteiger charge is -2.19. The van der Waals surface area contributed by atoms with Crippen LogP contribution in [0.15, 0.2) is 57.1 Å². The highest BCUT2D eigenvalue weighted by Crippen LogP contribution is 2.36. The maximum absolute atomic E-state index is 13.9. The Morgan fingerprint density at radius 3 is 2.89 bits per heavy atom. The standard InChI is InChI=1S/C21H18FN3O2S/c22-13-7-8-16-14(11-13)19(26)18(21(27)25(16)10-9-12-5-6-12)20-23-15-3-1-2-4-17(15)28-24-20/h1-4,7-8,11-12,26H,5-6,9-10H2,(H,23,24). The molecule has 2 heterocycles. The summed E-state index contributed by atoms with van der Waals surface area (Å²) in [4.78, 5) is 18.8. The lowest BCUT2D eigenvalue weighted by atomic mass is 10.1. The predicted octanol–water partition coefficient (Wildman–Crippen LogP) is 4.33. The zero-order valence-corrected chi connectivity index (χ0v) is 15.8. The lowest BCUT2D eigenvalue weighted by Crippen LogP contribution is -2.32. The molecular weight excluding hydrogens is 377 g/mol. The van der Waals surface area contributed by atoms with Crippen molar-refractivity contribution in [1.82, 2.24) is 9.29 Å². The largest absolute Gasteiger partial charge is 0.506 e. The molecule has 5 rings (SSSR count). The number of nitrogens with one attached hydrogen (secondary N) is 1. The maximum Gasteiger partial charge on any atom is 0.265 e. The van der Waals surface area contributed by atoms with E-state index in [9.17, 15) is 14.3 Å². The molecule has 3 aromatic rings. The van der Waals surface area contributed by atoms with Crippen molar-refractivity contribution in [2.75, 3.05) is 0 Å². The Morgan fingerprint density at radius 1 is 1.25 bits per heavy atom. The third-order valence-electron chi connectivity index (χ3n) is 5.25. The van der Waals surface area contributed by atoms with E-state index in [1.807, 2.05) is 24.3 Å². The highest BCUT2D eigenvalue weighted by Gasteiger charge is 2.26. The number of aryl methyl sites for hydroxylation is 1. The summed E-state index contributed by atoms with van der Waals surface area (Å²) in [5.41, 5.74) is 1.03. The number of nitrogens with zero attached hydrogens (tertiary/aromatic N) is 2. The molecule has 1 aromatic heterocycles. The van der Waals surface area contributed by atoms with E-state index in [2.05, 4.69) is 9.71 Å². The van der Waals surface area contributed by atoms with Gasteiger partial charge >= 0.3 is 0 Å². The molecule has 2 aromatic carbocycles. The molecule has 7 heteroatoms. The van der Waals surface area contributed by atoms with Crippen LogP contribution in [0, 0.1) is 11.7 Å². The van der Waals surface area contributed by atoms with Crippen molar-refractivity contribution in [2.45, 2.75) is 30.7 Å². The van der Waals surface area contributed by atoms with Gasteiger partial charge in [-0.25, -0.2) is 9.38 Å². The van der Waals surface area contributed by atoms with Crippen molar-refractivity contribution >= 4 is 34.4 Å². The van der Waals surface area contributed by atoms with Gasteiger partial charge in [-0.2, -0.15) is 0 Å². The molecule has 1 aliphatic carbocycles. The highest BCUT2D eigenvalue weighted by molar-refractivity contribution is 7.98. The average Bonchev–Trinajstić information content (AvgIpc) is 3.53. The van der Waals surface area contributed by atoms with Gasteiger partial charge in [0.1, 0.15) is 17.1 Å². The fourth-order valence-electron chi connectivity index (χ4n) is 3.56. The number of hydrogen-bond acceptors (Lipinski definition) is 5. The van der Waals surface area contributed by atoms with Gasteiger partial charge in [0.2, 0.25) is 0 Å². The van der Waals surface area contributed by atoms with Gasteiger partial charge in [-0.1, -0.05) is 25.0 Å². The minimum absolute atomic E-state index is 0.0795. The summed E-state index contributed by atoms with van der Waals surface area (Å²) in [6.45, 7) is 0.538. The predicted molar refractivity (Wildman–Crippen MR) is 109 cm³/mol. The molecule has 1 aliphatic heterocycles. The van der Waals surface area contributed by atoms with Crippen LogP contribution < -0.4 is 10.3 Å². The zero-order chi connectivity index (χ0) is 19.3. The first-order chi connectivity index (χ1) is 13.6. The van der Waals surface area contributed by atoms with E-state index in [1.54, 1.807) is 10.6 Å². The molecule has 0 unspecified atom stereocenters. The molecule has 0 bridgehead atoms. The molecule has 142 valence electrons. The molecule has 5 nitrogen and oxygen atoms in total. The van der Waals surface area contributed by atoms with Gasteiger partial charge in [0.15, 0.2) is 5.84 Å². The number of aromatic nitrogens is 1. The van der Waals surface area contributed by atoms with Crippen LogP contribution >= 0.6 is 11.9 Å². The molecular formula is C21H18FN3O2S. The summed E-state index contributed by atoms with van der Waals surface area (Å²) in [6.07, 6.45) is 3.27. The summed E-state index contributed by atoms with van der Waals surface area (Å²) in [5.74, 6) is 0.234. The van der Waals surface area contributed by atoms with E-state index < -0.39 is 5.82 Å². The van der Waals surface area contributed by atoms with Crippen LogP contribution in [0.4, 0.5) is 10.1 Å². The van der Waals surface area contributed by atoms with Crippen molar-refractivity contribution < 1.29 is 9.50 Å². The minimum atomic E-state index is -0.459. The number of rotatable bonds is 4. The number of halogens is 1. The van der Waals surface area contributed by atoms with E-state index in [1.165, 1.54) is 36.9 Å². The van der Waals surface area contributed by atoms with E-state index >= 15 is 0 Å². The number of amidine groups is 1. The topological polar surface area (TPSA) is 66.6 Å². The third-order valence-corrected chi connectivity index (χ3v) is 6.11. The normalized spacial score (nSPS) is 15.8. The van der Waals surface area contributed by atoms with E-state index in [-0.39, 0.29) is 22.7 Å². The number of benzene rings is 2. The van der Waals surface area contributed by atoms with Crippen molar-refractivity contribution in [3.63, 3.8) is 0 Å². The molecule has 0 amide bonds. The molecule has 0 spiro atoms. The van der Waals surface area contributed by atoms with Crippen molar-refractivity contribution in [2.24, 2.45) is 10.9 Å². The summed E-state index contributed by atoms with van der Waals surface area (Å²) in [6, 6.07) is 11.7.